The van der Waals surface area contributed by atoms with Gasteiger partial charge in [0.25, 0.3) is 11.8 Å². The summed E-state index contributed by atoms with van der Waals surface area (Å²) in [5.41, 5.74) is 1.08. The van der Waals surface area contributed by atoms with Crippen LogP contribution >= 0.6 is 0 Å². The number of hydrogen-bond donors (Lipinski definition) is 1. The number of ether oxygens (including phenoxy) is 1. The number of benzene rings is 2. The second kappa shape index (κ2) is 10.1. The summed E-state index contributed by atoms with van der Waals surface area (Å²) in [7, 11) is 0. The normalized spacial score (nSPS) is 17.3. The van der Waals surface area contributed by atoms with Crippen molar-refractivity contribution in [2.75, 3.05) is 50.8 Å². The molecule has 0 radical (unpaired) electrons. The van der Waals surface area contributed by atoms with Crippen LogP contribution in [-0.4, -0.2) is 72.7 Å². The smallest absolute Gasteiger partial charge is 0.282 e. The minimum Gasteiger partial charge on any atom is -0.494 e. The molecule has 0 saturated carbocycles. The van der Waals surface area contributed by atoms with Crippen LogP contribution in [-0.2, 0) is 9.59 Å². The molecule has 174 valence electrons. The van der Waals surface area contributed by atoms with Gasteiger partial charge in [-0.2, -0.15) is 0 Å². The van der Waals surface area contributed by atoms with Gasteiger partial charge >= 0.3 is 0 Å². The summed E-state index contributed by atoms with van der Waals surface area (Å²) < 4.78 is 20.2. The number of piperazine rings is 1. The number of carbonyl (C=O) groups excluding carboxylic acids is 2. The lowest BCUT2D eigenvalue weighted by Gasteiger charge is -2.36. The van der Waals surface area contributed by atoms with Crippen molar-refractivity contribution in [3.05, 3.63) is 65.6 Å². The third-order valence-electron chi connectivity index (χ3n) is 5.87. The third kappa shape index (κ3) is 4.62. The molecule has 0 bridgehead atoms. The Bertz CT molecular complexity index is 1050. The maximum atomic E-state index is 14.6. The van der Waals surface area contributed by atoms with Crippen LogP contribution in [0.15, 0.2) is 54.2 Å². The monoisotopic (exact) mass is 453 g/mol. The van der Waals surface area contributed by atoms with Gasteiger partial charge in [0.1, 0.15) is 17.3 Å². The molecule has 8 heteroatoms. The first-order chi connectivity index (χ1) is 16.0. The van der Waals surface area contributed by atoms with Crippen LogP contribution in [0.5, 0.6) is 5.75 Å². The molecule has 2 aliphatic rings. The molecule has 0 aliphatic carbocycles. The Morgan fingerprint density at radius 1 is 0.970 bits per heavy atom. The molecule has 33 heavy (non-hydrogen) atoms. The molecule has 2 amide bonds. The third-order valence-corrected chi connectivity index (χ3v) is 5.87. The molecule has 2 heterocycles. The number of amides is 2. The van der Waals surface area contributed by atoms with Crippen molar-refractivity contribution in [1.29, 1.82) is 0 Å². The van der Waals surface area contributed by atoms with Gasteiger partial charge in [-0.25, -0.2) is 9.29 Å². The van der Waals surface area contributed by atoms with E-state index in [2.05, 4.69) is 4.90 Å². The molecule has 2 aromatic rings. The van der Waals surface area contributed by atoms with Gasteiger partial charge in [0, 0.05) is 32.7 Å². The highest BCUT2D eigenvalue weighted by molar-refractivity contribution is 6.45. The van der Waals surface area contributed by atoms with E-state index in [1.165, 1.54) is 18.2 Å². The van der Waals surface area contributed by atoms with Gasteiger partial charge in [-0.05, 0) is 36.2 Å². The summed E-state index contributed by atoms with van der Waals surface area (Å²) in [6.45, 7) is 5.60. The van der Waals surface area contributed by atoms with E-state index in [-0.39, 0.29) is 23.6 Å². The van der Waals surface area contributed by atoms with E-state index in [4.69, 9.17) is 4.74 Å². The van der Waals surface area contributed by atoms with Crippen LogP contribution in [0.25, 0.3) is 5.57 Å². The van der Waals surface area contributed by atoms with Gasteiger partial charge < -0.3 is 14.7 Å². The Kier molecular flexibility index (Phi) is 7.05. The first kappa shape index (κ1) is 22.9. The highest BCUT2D eigenvalue weighted by atomic mass is 19.1. The zero-order chi connectivity index (χ0) is 23.4. The fraction of sp³-hybridized carbons (Fsp3) is 0.360. The van der Waals surface area contributed by atoms with Crippen molar-refractivity contribution in [3.8, 4) is 5.75 Å². The highest BCUT2D eigenvalue weighted by Gasteiger charge is 2.43. The van der Waals surface area contributed by atoms with E-state index in [0.29, 0.717) is 50.6 Å². The molecule has 7 nitrogen and oxygen atoms in total. The fourth-order valence-electron chi connectivity index (χ4n) is 4.20. The quantitative estimate of drug-likeness (QED) is 0.620. The first-order valence-electron chi connectivity index (χ1n) is 11.2. The Morgan fingerprint density at radius 2 is 1.67 bits per heavy atom. The van der Waals surface area contributed by atoms with Crippen LogP contribution in [0.2, 0.25) is 0 Å². The predicted octanol–water partition coefficient (Wildman–Crippen LogP) is 2.51. The summed E-state index contributed by atoms with van der Waals surface area (Å²) in [6.07, 6.45) is 0.879. The number of hydrogen-bond acceptors (Lipinski definition) is 6. The number of nitrogens with zero attached hydrogens (tertiary/aromatic N) is 3. The van der Waals surface area contributed by atoms with E-state index in [1.54, 1.807) is 30.3 Å². The maximum Gasteiger partial charge on any atom is 0.282 e. The van der Waals surface area contributed by atoms with Gasteiger partial charge in [0.05, 0.1) is 24.5 Å². The Balaban J connectivity index is 1.71. The van der Waals surface area contributed by atoms with E-state index < -0.39 is 17.6 Å². The van der Waals surface area contributed by atoms with Crippen molar-refractivity contribution in [3.63, 3.8) is 0 Å². The lowest BCUT2D eigenvalue weighted by atomic mass is 10.0. The van der Waals surface area contributed by atoms with E-state index >= 15 is 0 Å². The minimum absolute atomic E-state index is 0.0539. The van der Waals surface area contributed by atoms with Crippen molar-refractivity contribution in [1.82, 2.24) is 9.80 Å². The lowest BCUT2D eigenvalue weighted by molar-refractivity contribution is -0.120. The molecule has 1 N–H and O–H groups in total. The largest absolute Gasteiger partial charge is 0.494 e. The summed E-state index contributed by atoms with van der Waals surface area (Å²) in [4.78, 5) is 32.0. The predicted molar refractivity (Wildman–Crippen MR) is 123 cm³/mol. The number of aliphatic hydroxyl groups excluding tert-OH is 1. The van der Waals surface area contributed by atoms with Crippen molar-refractivity contribution in [2.24, 2.45) is 0 Å². The molecule has 0 atom stereocenters. The zero-order valence-electron chi connectivity index (χ0n) is 18.7. The molecule has 1 saturated heterocycles. The number of imide groups is 1. The van der Waals surface area contributed by atoms with Crippen molar-refractivity contribution >= 4 is 23.1 Å². The number of anilines is 1. The summed E-state index contributed by atoms with van der Waals surface area (Å²) in [5, 5.41) is 9.21. The van der Waals surface area contributed by atoms with Gasteiger partial charge in [-0.15, -0.1) is 0 Å². The molecule has 2 aromatic carbocycles. The van der Waals surface area contributed by atoms with Crippen LogP contribution < -0.4 is 9.64 Å². The van der Waals surface area contributed by atoms with Gasteiger partial charge in [0.2, 0.25) is 0 Å². The first-order valence-corrected chi connectivity index (χ1v) is 11.2. The summed E-state index contributed by atoms with van der Waals surface area (Å²) >= 11 is 0. The molecule has 0 unspecified atom stereocenters. The number of carbonyl (C=O) groups is 2. The molecule has 0 aromatic heterocycles. The van der Waals surface area contributed by atoms with Gasteiger partial charge in [-0.1, -0.05) is 31.2 Å². The Hall–Kier alpha value is -3.23. The Morgan fingerprint density at radius 3 is 2.30 bits per heavy atom. The number of rotatable bonds is 8. The average molecular weight is 454 g/mol. The number of halogens is 1. The molecule has 4 rings (SSSR count). The fourth-order valence-corrected chi connectivity index (χ4v) is 4.20. The topological polar surface area (TPSA) is 73.3 Å². The van der Waals surface area contributed by atoms with Crippen molar-refractivity contribution in [2.45, 2.75) is 13.3 Å². The standard InChI is InChI=1S/C25H28FN3O4/c1-2-17-33-19-9-7-18(8-10-19)22-23(28-13-11-27(12-14-28)15-16-30)25(32)29(24(22)31)21-6-4-3-5-20(21)26/h3-10,30H,2,11-17H2,1H3. The minimum atomic E-state index is -0.629. The SMILES string of the molecule is CCCOc1ccc(C2=C(N3CCN(CCO)CC3)C(=O)N(c3ccccc3F)C2=O)cc1. The molecular formula is C25H28FN3O4. The molecular weight excluding hydrogens is 425 g/mol. The number of β-amino-alcohol motifs (C(OH)–C–C–N with tert-alkyl or cyclic N) is 1. The Labute approximate surface area is 192 Å². The van der Waals surface area contributed by atoms with Crippen LogP contribution in [0.4, 0.5) is 10.1 Å². The highest BCUT2D eigenvalue weighted by Crippen LogP contribution is 2.36. The van der Waals surface area contributed by atoms with Gasteiger partial charge in [-0.3, -0.25) is 14.5 Å². The summed E-state index contributed by atoms with van der Waals surface area (Å²) in [5.74, 6) is -1.01. The summed E-state index contributed by atoms with van der Waals surface area (Å²) in [6, 6.07) is 12.9. The van der Waals surface area contributed by atoms with E-state index in [9.17, 15) is 19.1 Å². The van der Waals surface area contributed by atoms with Crippen LogP contribution in [0.1, 0.15) is 18.9 Å². The van der Waals surface area contributed by atoms with Crippen LogP contribution in [0, 0.1) is 5.82 Å². The second-order valence-corrected chi connectivity index (χ2v) is 8.05. The van der Waals surface area contributed by atoms with Crippen LogP contribution in [0.3, 0.4) is 0 Å². The second-order valence-electron chi connectivity index (χ2n) is 8.05. The van der Waals surface area contributed by atoms with Crippen molar-refractivity contribution < 1.29 is 23.8 Å². The van der Waals surface area contributed by atoms with E-state index in [1.807, 2.05) is 11.8 Å². The van der Waals surface area contributed by atoms with E-state index in [0.717, 1.165) is 11.3 Å². The molecule has 2 aliphatic heterocycles. The van der Waals surface area contributed by atoms with Gasteiger partial charge in [0.15, 0.2) is 0 Å². The molecule has 0 spiro atoms. The maximum absolute atomic E-state index is 14.6. The zero-order valence-corrected chi connectivity index (χ0v) is 18.7. The molecule has 1 fully saturated rings. The lowest BCUT2D eigenvalue weighted by Crippen LogP contribution is -2.48. The number of aliphatic hydroxyl groups is 1. The number of para-hydroxylation sites is 1. The average Bonchev–Trinajstić information content (AvgIpc) is 3.09.